The third-order valence-electron chi connectivity index (χ3n) is 11.2. The number of amides is 2. The molecule has 6 heteroatoms. The first-order valence-corrected chi connectivity index (χ1v) is 13.6. The monoisotopic (exact) mass is 491 g/mol. The summed E-state index contributed by atoms with van der Waals surface area (Å²) in [6, 6.07) is 6.43. The maximum atomic E-state index is 14.2. The van der Waals surface area contributed by atoms with Crippen LogP contribution in [0.4, 0.5) is 5.69 Å². The maximum absolute atomic E-state index is 14.2. The number of carboxylic acid groups (broad SMARTS) is 1. The van der Waals surface area contributed by atoms with Crippen LogP contribution in [0.25, 0.3) is 0 Å². The first kappa shape index (κ1) is 23.7. The third kappa shape index (κ3) is 2.76. The van der Waals surface area contributed by atoms with E-state index in [4.69, 9.17) is 0 Å². The number of imide groups is 1. The molecule has 1 aliphatic heterocycles. The Hall–Kier alpha value is -2.63. The Bertz CT molecular complexity index is 1200. The van der Waals surface area contributed by atoms with Crippen LogP contribution < -0.4 is 4.90 Å². The predicted octanol–water partition coefficient (Wildman–Crippen LogP) is 5.41. The molecule has 0 unspecified atom stereocenters. The van der Waals surface area contributed by atoms with E-state index in [0.717, 1.165) is 32.1 Å². The van der Waals surface area contributed by atoms with Gasteiger partial charge in [-0.3, -0.25) is 14.4 Å². The molecule has 1 aromatic carbocycles. The number of nitrogens with zero attached hydrogens (tertiary/aromatic N) is 1. The zero-order chi connectivity index (χ0) is 25.8. The first-order chi connectivity index (χ1) is 17.0. The van der Waals surface area contributed by atoms with Gasteiger partial charge in [-0.1, -0.05) is 44.9 Å². The van der Waals surface area contributed by atoms with Gasteiger partial charge in [-0.25, -0.2) is 4.90 Å². The highest BCUT2D eigenvalue weighted by molar-refractivity contribution is 6.23. The van der Waals surface area contributed by atoms with Crippen LogP contribution >= 0.6 is 0 Å². The number of phenolic OH excluding ortho intramolecular Hbond substituents is 1. The number of carbonyl (C=O) groups excluding carboxylic acids is 2. The van der Waals surface area contributed by atoms with Crippen molar-refractivity contribution in [2.24, 2.45) is 51.8 Å². The molecule has 5 aliphatic carbocycles. The SMILES string of the molecule is CC(C)C1=C[C@@]23CC[C@@H]4[C@](C)(CCC[C@@]4(C)C(=O)O)[C@@H]2C[C@@H]1[C@@H]1C(=O)N(c2cccc(O)c2)C(=O)[C@H]13. The largest absolute Gasteiger partial charge is 0.508 e. The number of carboxylic acids is 1. The van der Waals surface area contributed by atoms with E-state index in [-0.39, 0.29) is 52.6 Å². The summed E-state index contributed by atoms with van der Waals surface area (Å²) >= 11 is 0. The average molecular weight is 492 g/mol. The number of anilines is 1. The molecule has 7 rings (SSSR count). The molecule has 0 aromatic heterocycles. The molecule has 36 heavy (non-hydrogen) atoms. The summed E-state index contributed by atoms with van der Waals surface area (Å²) < 4.78 is 0. The van der Waals surface area contributed by atoms with E-state index in [2.05, 4.69) is 26.8 Å². The fraction of sp³-hybridized carbons (Fsp3) is 0.633. The molecular weight excluding hydrogens is 454 g/mol. The number of benzene rings is 1. The normalized spacial score (nSPS) is 43.2. The minimum Gasteiger partial charge on any atom is -0.508 e. The van der Waals surface area contributed by atoms with Gasteiger partial charge in [0.1, 0.15) is 5.75 Å². The van der Waals surface area contributed by atoms with Gasteiger partial charge in [0.25, 0.3) is 0 Å². The van der Waals surface area contributed by atoms with Crippen LogP contribution in [-0.4, -0.2) is 28.0 Å². The van der Waals surface area contributed by atoms with Crippen LogP contribution in [0.15, 0.2) is 35.9 Å². The number of phenols is 1. The highest BCUT2D eigenvalue weighted by atomic mass is 16.4. The minimum atomic E-state index is -0.752. The molecule has 192 valence electrons. The molecule has 6 nitrogen and oxygen atoms in total. The number of carbonyl (C=O) groups is 3. The van der Waals surface area contributed by atoms with E-state index in [1.165, 1.54) is 16.5 Å². The van der Waals surface area contributed by atoms with Crippen molar-refractivity contribution in [1.82, 2.24) is 0 Å². The first-order valence-electron chi connectivity index (χ1n) is 13.6. The van der Waals surface area contributed by atoms with Crippen molar-refractivity contribution >= 4 is 23.5 Å². The summed E-state index contributed by atoms with van der Waals surface area (Å²) in [7, 11) is 0. The molecule has 4 fully saturated rings. The second-order valence-electron chi connectivity index (χ2n) is 13.0. The van der Waals surface area contributed by atoms with Crippen LogP contribution in [-0.2, 0) is 14.4 Å². The zero-order valence-corrected chi connectivity index (χ0v) is 21.7. The van der Waals surface area contributed by atoms with E-state index >= 15 is 0 Å². The Morgan fingerprint density at radius 2 is 1.83 bits per heavy atom. The molecule has 3 saturated carbocycles. The quantitative estimate of drug-likeness (QED) is 0.436. The highest BCUT2D eigenvalue weighted by Gasteiger charge is 2.73. The van der Waals surface area contributed by atoms with Gasteiger partial charge in [0.15, 0.2) is 0 Å². The Labute approximate surface area is 212 Å². The van der Waals surface area contributed by atoms with Gasteiger partial charge in [0.05, 0.1) is 22.9 Å². The zero-order valence-electron chi connectivity index (χ0n) is 21.7. The molecule has 8 atom stereocenters. The van der Waals surface area contributed by atoms with Gasteiger partial charge < -0.3 is 10.2 Å². The van der Waals surface area contributed by atoms with Crippen molar-refractivity contribution in [1.29, 1.82) is 0 Å². The lowest BCUT2D eigenvalue weighted by molar-refractivity contribution is -0.194. The molecule has 2 N–H and O–H groups in total. The average Bonchev–Trinajstić information content (AvgIpc) is 3.10. The number of hydrogen-bond donors (Lipinski definition) is 2. The molecule has 0 radical (unpaired) electrons. The van der Waals surface area contributed by atoms with Crippen molar-refractivity contribution in [3.8, 4) is 5.75 Å². The van der Waals surface area contributed by atoms with Crippen LogP contribution in [0.3, 0.4) is 0 Å². The lowest BCUT2D eigenvalue weighted by Gasteiger charge is -2.68. The van der Waals surface area contributed by atoms with E-state index < -0.39 is 22.7 Å². The van der Waals surface area contributed by atoms with Gasteiger partial charge in [0.2, 0.25) is 11.8 Å². The van der Waals surface area contributed by atoms with Crippen LogP contribution in [0, 0.1) is 51.8 Å². The topological polar surface area (TPSA) is 94.9 Å². The molecule has 1 aromatic rings. The molecule has 6 aliphatic rings. The summed E-state index contributed by atoms with van der Waals surface area (Å²) in [4.78, 5) is 42.0. The number of rotatable bonds is 3. The lowest BCUT2D eigenvalue weighted by Crippen LogP contribution is -2.65. The van der Waals surface area contributed by atoms with Crippen LogP contribution in [0.2, 0.25) is 0 Å². The molecule has 1 heterocycles. The number of hydrogen-bond acceptors (Lipinski definition) is 4. The second kappa shape index (κ2) is 7.45. The number of fused-ring (bicyclic) bond motifs is 1. The van der Waals surface area contributed by atoms with Gasteiger partial charge in [-0.05, 0) is 80.2 Å². The van der Waals surface area contributed by atoms with Crippen molar-refractivity contribution in [3.05, 3.63) is 35.9 Å². The van der Waals surface area contributed by atoms with Gasteiger partial charge in [-0.2, -0.15) is 0 Å². The minimum absolute atomic E-state index is 0.00535. The van der Waals surface area contributed by atoms with Crippen molar-refractivity contribution in [3.63, 3.8) is 0 Å². The molecule has 2 bridgehead atoms. The highest BCUT2D eigenvalue weighted by Crippen LogP contribution is 2.74. The van der Waals surface area contributed by atoms with Crippen LogP contribution in [0.1, 0.15) is 66.2 Å². The van der Waals surface area contributed by atoms with Crippen molar-refractivity contribution in [2.75, 3.05) is 4.90 Å². The second-order valence-corrected chi connectivity index (χ2v) is 13.0. The Kier molecular flexibility index (Phi) is 4.92. The maximum Gasteiger partial charge on any atom is 0.309 e. The summed E-state index contributed by atoms with van der Waals surface area (Å²) in [6.45, 7) is 8.58. The smallest absolute Gasteiger partial charge is 0.309 e. The van der Waals surface area contributed by atoms with Crippen molar-refractivity contribution < 1.29 is 24.6 Å². The predicted molar refractivity (Wildman–Crippen MR) is 135 cm³/mol. The summed E-state index contributed by atoms with van der Waals surface area (Å²) in [5.41, 5.74) is 0.366. The van der Waals surface area contributed by atoms with Gasteiger partial charge >= 0.3 is 5.97 Å². The standard InChI is InChI=1S/C30H37NO5/c1-16(2)20-15-30-12-9-21-28(3,10-6-11-29(21,4)27(35)36)22(30)14-19(20)23-24(30)26(34)31(25(23)33)17-7-5-8-18(32)13-17/h5,7-8,13,15-16,19,21-24,32H,6,9-12,14H2,1-4H3,(H,35,36)/t19-,21+,22-,23-,24-,28-,29+,30-/m0/s1. The van der Waals surface area contributed by atoms with Gasteiger partial charge in [-0.15, -0.1) is 0 Å². The number of allylic oxidation sites excluding steroid dienone is 2. The van der Waals surface area contributed by atoms with E-state index in [1.54, 1.807) is 18.2 Å². The fourth-order valence-electron chi connectivity index (χ4n) is 9.84. The number of aliphatic carboxylic acids is 1. The number of aromatic hydroxyl groups is 1. The molecule has 1 spiro atoms. The lowest BCUT2D eigenvalue weighted by atomic mass is 9.34. The van der Waals surface area contributed by atoms with Crippen LogP contribution in [0.5, 0.6) is 5.75 Å². The molecule has 2 amide bonds. The molecular formula is C30H37NO5. The van der Waals surface area contributed by atoms with E-state index in [1.807, 2.05) is 6.92 Å². The summed E-state index contributed by atoms with van der Waals surface area (Å²) in [5.74, 6) is -1.24. The van der Waals surface area contributed by atoms with E-state index in [9.17, 15) is 24.6 Å². The van der Waals surface area contributed by atoms with Gasteiger partial charge in [0, 0.05) is 11.5 Å². The Morgan fingerprint density at radius 1 is 1.08 bits per heavy atom. The van der Waals surface area contributed by atoms with E-state index in [0.29, 0.717) is 12.1 Å². The Balaban J connectivity index is 1.50. The fourth-order valence-corrected chi connectivity index (χ4v) is 9.84. The summed E-state index contributed by atoms with van der Waals surface area (Å²) in [5, 5.41) is 20.3. The van der Waals surface area contributed by atoms with Crippen molar-refractivity contribution in [2.45, 2.75) is 66.2 Å². The summed E-state index contributed by atoms with van der Waals surface area (Å²) in [6.07, 6.45) is 7.30. The molecule has 1 saturated heterocycles. The Morgan fingerprint density at radius 3 is 2.50 bits per heavy atom. The third-order valence-corrected chi connectivity index (χ3v) is 11.2.